The summed E-state index contributed by atoms with van der Waals surface area (Å²) in [4.78, 5) is 20.9. The van der Waals surface area contributed by atoms with Gasteiger partial charge in [0.05, 0.1) is 5.56 Å². The van der Waals surface area contributed by atoms with Crippen LogP contribution < -0.4 is 10.6 Å². The van der Waals surface area contributed by atoms with E-state index in [1.54, 1.807) is 12.4 Å². The van der Waals surface area contributed by atoms with Gasteiger partial charge < -0.3 is 10.6 Å². The van der Waals surface area contributed by atoms with Crippen LogP contribution >= 0.6 is 0 Å². The Morgan fingerprint density at radius 2 is 1.92 bits per heavy atom. The van der Waals surface area contributed by atoms with Crippen LogP contribution in [-0.4, -0.2) is 22.4 Å². The molecular weight excluding hydrogens is 300 g/mol. The maximum Gasteiger partial charge on any atom is 0.258 e. The molecule has 128 valence electrons. The Labute approximate surface area is 143 Å². The van der Waals surface area contributed by atoms with Crippen molar-refractivity contribution in [1.29, 1.82) is 0 Å². The first-order valence-corrected chi connectivity index (χ1v) is 8.49. The lowest BCUT2D eigenvalue weighted by Gasteiger charge is -2.16. The molecule has 2 rings (SSSR count). The van der Waals surface area contributed by atoms with Gasteiger partial charge in [-0.25, -0.2) is 9.97 Å². The molecule has 0 saturated heterocycles. The molecule has 1 heterocycles. The van der Waals surface area contributed by atoms with Crippen molar-refractivity contribution in [3.63, 3.8) is 0 Å². The zero-order chi connectivity index (χ0) is 17.5. The lowest BCUT2D eigenvalue weighted by atomic mass is 9.98. The molecule has 0 atom stereocenters. The van der Waals surface area contributed by atoms with E-state index in [9.17, 15) is 4.79 Å². The number of carbonyl (C=O) groups is 1. The van der Waals surface area contributed by atoms with E-state index >= 15 is 0 Å². The lowest BCUT2D eigenvalue weighted by Crippen LogP contribution is -2.16. The molecule has 1 aromatic heterocycles. The zero-order valence-electron chi connectivity index (χ0n) is 14.9. The second-order valence-corrected chi connectivity index (χ2v) is 6.22. The molecule has 2 N–H and O–H groups in total. The summed E-state index contributed by atoms with van der Waals surface area (Å²) in [5.41, 5.74) is 3.51. The van der Waals surface area contributed by atoms with Crippen LogP contribution in [0.2, 0.25) is 0 Å². The maximum atomic E-state index is 12.5. The number of rotatable bonds is 7. The number of benzene rings is 1. The number of carbonyl (C=O) groups excluding carboxylic acids is 1. The van der Waals surface area contributed by atoms with Crippen molar-refractivity contribution in [3.05, 3.63) is 47.3 Å². The smallest absolute Gasteiger partial charge is 0.258 e. The SMILES string of the molecule is CCCCNc1ncc(C(=O)Nc2c(C)cccc2C(C)C)cn1. The molecule has 0 fully saturated rings. The third-order valence-corrected chi connectivity index (χ3v) is 3.89. The van der Waals surface area contributed by atoms with Crippen molar-refractivity contribution >= 4 is 17.5 Å². The van der Waals surface area contributed by atoms with Crippen molar-refractivity contribution in [2.24, 2.45) is 0 Å². The van der Waals surface area contributed by atoms with Gasteiger partial charge in [-0.15, -0.1) is 0 Å². The number of anilines is 2. The highest BCUT2D eigenvalue weighted by atomic mass is 16.1. The molecule has 0 radical (unpaired) electrons. The van der Waals surface area contributed by atoms with Crippen molar-refractivity contribution in [2.45, 2.75) is 46.5 Å². The van der Waals surface area contributed by atoms with Crippen LogP contribution in [-0.2, 0) is 0 Å². The Balaban J connectivity index is 2.10. The van der Waals surface area contributed by atoms with Gasteiger partial charge in [-0.3, -0.25) is 4.79 Å². The van der Waals surface area contributed by atoms with Gasteiger partial charge in [-0.05, 0) is 30.4 Å². The van der Waals surface area contributed by atoms with E-state index in [4.69, 9.17) is 0 Å². The van der Waals surface area contributed by atoms with Gasteiger partial charge in [-0.1, -0.05) is 45.4 Å². The Morgan fingerprint density at radius 1 is 1.21 bits per heavy atom. The number of aromatic nitrogens is 2. The highest BCUT2D eigenvalue weighted by molar-refractivity contribution is 6.04. The number of nitrogens with one attached hydrogen (secondary N) is 2. The monoisotopic (exact) mass is 326 g/mol. The number of nitrogens with zero attached hydrogens (tertiary/aromatic N) is 2. The molecule has 0 spiro atoms. The van der Waals surface area contributed by atoms with Gasteiger partial charge in [0.1, 0.15) is 0 Å². The number of hydrogen-bond acceptors (Lipinski definition) is 4. The molecule has 0 unspecified atom stereocenters. The minimum absolute atomic E-state index is 0.189. The molecule has 0 aliphatic rings. The lowest BCUT2D eigenvalue weighted by molar-refractivity contribution is 0.102. The summed E-state index contributed by atoms with van der Waals surface area (Å²) in [5, 5.41) is 6.15. The number of para-hydroxylation sites is 1. The summed E-state index contributed by atoms with van der Waals surface area (Å²) in [7, 11) is 0. The number of hydrogen-bond donors (Lipinski definition) is 2. The van der Waals surface area contributed by atoms with Gasteiger partial charge in [0.2, 0.25) is 5.95 Å². The summed E-state index contributed by atoms with van der Waals surface area (Å²) >= 11 is 0. The largest absolute Gasteiger partial charge is 0.354 e. The highest BCUT2D eigenvalue weighted by Gasteiger charge is 2.14. The number of aryl methyl sites for hydroxylation is 1. The van der Waals surface area contributed by atoms with E-state index in [0.717, 1.165) is 36.2 Å². The van der Waals surface area contributed by atoms with Crippen molar-refractivity contribution in [1.82, 2.24) is 9.97 Å². The van der Waals surface area contributed by atoms with E-state index in [2.05, 4.69) is 41.4 Å². The Bertz CT molecular complexity index is 680. The molecule has 2 aromatic rings. The fourth-order valence-electron chi connectivity index (χ4n) is 2.44. The predicted molar refractivity (Wildman–Crippen MR) is 98.7 cm³/mol. The van der Waals surface area contributed by atoms with Crippen LogP contribution in [0, 0.1) is 6.92 Å². The fourth-order valence-corrected chi connectivity index (χ4v) is 2.44. The van der Waals surface area contributed by atoms with E-state index in [0.29, 0.717) is 17.4 Å². The van der Waals surface area contributed by atoms with Crippen LogP contribution in [0.3, 0.4) is 0 Å². The van der Waals surface area contributed by atoms with Crippen LogP contribution in [0.25, 0.3) is 0 Å². The third-order valence-electron chi connectivity index (χ3n) is 3.89. The van der Waals surface area contributed by atoms with Crippen LogP contribution in [0.5, 0.6) is 0 Å². The van der Waals surface area contributed by atoms with Gasteiger partial charge >= 0.3 is 0 Å². The van der Waals surface area contributed by atoms with Gasteiger partial charge in [0.15, 0.2) is 0 Å². The number of amides is 1. The maximum absolute atomic E-state index is 12.5. The van der Waals surface area contributed by atoms with Gasteiger partial charge in [0, 0.05) is 24.6 Å². The first kappa shape index (κ1) is 17.9. The quantitative estimate of drug-likeness (QED) is 0.741. The zero-order valence-corrected chi connectivity index (χ0v) is 14.9. The molecule has 1 amide bonds. The summed E-state index contributed by atoms with van der Waals surface area (Å²) in [5.74, 6) is 0.701. The highest BCUT2D eigenvalue weighted by Crippen LogP contribution is 2.27. The molecule has 1 aromatic carbocycles. The predicted octanol–water partition coefficient (Wildman–Crippen LogP) is 4.37. The van der Waals surface area contributed by atoms with E-state index in [-0.39, 0.29) is 5.91 Å². The van der Waals surface area contributed by atoms with Crippen LogP contribution in [0.4, 0.5) is 11.6 Å². The normalized spacial score (nSPS) is 10.7. The third kappa shape index (κ3) is 4.54. The summed E-state index contributed by atoms with van der Waals surface area (Å²) in [6, 6.07) is 6.06. The molecule has 5 nitrogen and oxygen atoms in total. The fraction of sp³-hybridized carbons (Fsp3) is 0.421. The molecule has 24 heavy (non-hydrogen) atoms. The first-order valence-electron chi connectivity index (χ1n) is 8.49. The van der Waals surface area contributed by atoms with Crippen molar-refractivity contribution in [3.8, 4) is 0 Å². The number of unbranched alkanes of at least 4 members (excludes halogenated alkanes) is 1. The average Bonchev–Trinajstić information content (AvgIpc) is 2.57. The Morgan fingerprint density at radius 3 is 2.54 bits per heavy atom. The summed E-state index contributed by atoms with van der Waals surface area (Å²) < 4.78 is 0. The Kier molecular flexibility index (Phi) is 6.29. The van der Waals surface area contributed by atoms with E-state index < -0.39 is 0 Å². The second kappa shape index (κ2) is 8.43. The molecule has 0 bridgehead atoms. The minimum Gasteiger partial charge on any atom is -0.354 e. The molecular formula is C19H26N4O. The van der Waals surface area contributed by atoms with Crippen molar-refractivity contribution < 1.29 is 4.79 Å². The van der Waals surface area contributed by atoms with Crippen molar-refractivity contribution in [2.75, 3.05) is 17.2 Å². The molecule has 0 aliphatic carbocycles. The summed E-state index contributed by atoms with van der Waals surface area (Å²) in [6.45, 7) is 9.20. The summed E-state index contributed by atoms with van der Waals surface area (Å²) in [6.07, 6.45) is 5.30. The van der Waals surface area contributed by atoms with E-state index in [1.165, 1.54) is 0 Å². The van der Waals surface area contributed by atoms with Gasteiger partial charge in [-0.2, -0.15) is 0 Å². The Hall–Kier alpha value is -2.43. The minimum atomic E-state index is -0.189. The standard InChI is InChI=1S/C19H26N4O/c1-5-6-10-20-19-21-11-15(12-22-19)18(24)23-17-14(4)8-7-9-16(17)13(2)3/h7-9,11-13H,5-6,10H2,1-4H3,(H,23,24)(H,20,21,22). The van der Waals surface area contributed by atoms with Crippen LogP contribution in [0.15, 0.2) is 30.6 Å². The van der Waals surface area contributed by atoms with Crippen LogP contribution in [0.1, 0.15) is 61.0 Å². The molecule has 0 saturated carbocycles. The van der Waals surface area contributed by atoms with Gasteiger partial charge in [0.25, 0.3) is 5.91 Å². The molecule has 5 heteroatoms. The second-order valence-electron chi connectivity index (χ2n) is 6.22. The van der Waals surface area contributed by atoms with E-state index in [1.807, 2.05) is 25.1 Å². The first-order chi connectivity index (χ1) is 11.5. The molecule has 0 aliphatic heterocycles. The average molecular weight is 326 g/mol. The topological polar surface area (TPSA) is 66.9 Å².